The summed E-state index contributed by atoms with van der Waals surface area (Å²) in [6.45, 7) is 0.467. The topological polar surface area (TPSA) is 46.5 Å². The Hall–Kier alpha value is -3.07. The first kappa shape index (κ1) is 13.6. The van der Waals surface area contributed by atoms with Gasteiger partial charge >= 0.3 is 0 Å². The highest BCUT2D eigenvalue weighted by Gasteiger charge is 2.22. The van der Waals surface area contributed by atoms with Crippen molar-refractivity contribution in [3.63, 3.8) is 0 Å². The lowest BCUT2D eigenvalue weighted by atomic mass is 9.93. The molecule has 0 aromatic heterocycles. The zero-order valence-corrected chi connectivity index (χ0v) is 12.3. The van der Waals surface area contributed by atoms with E-state index < -0.39 is 0 Å². The first-order valence-corrected chi connectivity index (χ1v) is 7.42. The highest BCUT2D eigenvalue weighted by Crippen LogP contribution is 2.41. The molecule has 0 fully saturated rings. The number of carbonyl (C=O) groups is 1. The molecule has 0 spiro atoms. The molecule has 23 heavy (non-hydrogen) atoms. The van der Waals surface area contributed by atoms with E-state index in [-0.39, 0.29) is 17.1 Å². The van der Waals surface area contributed by atoms with Crippen molar-refractivity contribution in [3.8, 4) is 22.6 Å². The van der Waals surface area contributed by atoms with Crippen LogP contribution in [0.2, 0.25) is 0 Å². The molecule has 4 rings (SSSR count). The standard InChI is InChI=1S/C20H14O3/c21-18-11-19-16(15-9-5-4-8-14(15)12-23-19)10-17(18)20(22)13-6-2-1-3-7-13/h1-11,21H,12H2. The van der Waals surface area contributed by atoms with E-state index in [9.17, 15) is 9.90 Å². The van der Waals surface area contributed by atoms with E-state index in [4.69, 9.17) is 4.74 Å². The lowest BCUT2D eigenvalue weighted by molar-refractivity contribution is 0.103. The Morgan fingerprint density at radius 3 is 2.48 bits per heavy atom. The maximum absolute atomic E-state index is 12.7. The third-order valence-electron chi connectivity index (χ3n) is 4.07. The van der Waals surface area contributed by atoms with Crippen LogP contribution in [-0.2, 0) is 6.61 Å². The molecule has 0 saturated carbocycles. The van der Waals surface area contributed by atoms with Crippen molar-refractivity contribution in [2.75, 3.05) is 0 Å². The van der Waals surface area contributed by atoms with Crippen LogP contribution in [0, 0.1) is 0 Å². The van der Waals surface area contributed by atoms with Gasteiger partial charge in [0.25, 0.3) is 0 Å². The van der Waals surface area contributed by atoms with E-state index >= 15 is 0 Å². The molecule has 112 valence electrons. The van der Waals surface area contributed by atoms with Crippen LogP contribution in [0.25, 0.3) is 11.1 Å². The second-order valence-corrected chi connectivity index (χ2v) is 5.51. The van der Waals surface area contributed by atoms with Crippen LogP contribution in [0.15, 0.2) is 66.7 Å². The maximum atomic E-state index is 12.7. The molecule has 1 aliphatic heterocycles. The Morgan fingerprint density at radius 1 is 0.913 bits per heavy atom. The minimum Gasteiger partial charge on any atom is -0.507 e. The van der Waals surface area contributed by atoms with E-state index in [1.807, 2.05) is 30.3 Å². The minimum absolute atomic E-state index is 0.0583. The fraction of sp³-hybridized carbons (Fsp3) is 0.0500. The maximum Gasteiger partial charge on any atom is 0.196 e. The molecule has 1 aliphatic rings. The van der Waals surface area contributed by atoms with Gasteiger partial charge in [-0.05, 0) is 17.2 Å². The fourth-order valence-electron chi connectivity index (χ4n) is 2.89. The van der Waals surface area contributed by atoms with Crippen LogP contribution in [0.1, 0.15) is 21.5 Å². The smallest absolute Gasteiger partial charge is 0.196 e. The summed E-state index contributed by atoms with van der Waals surface area (Å²) in [6.07, 6.45) is 0. The summed E-state index contributed by atoms with van der Waals surface area (Å²) >= 11 is 0. The number of phenolic OH excluding ortho intramolecular Hbond substituents is 1. The van der Waals surface area contributed by atoms with Gasteiger partial charge in [0.15, 0.2) is 5.78 Å². The summed E-state index contributed by atoms with van der Waals surface area (Å²) in [5.74, 6) is 0.344. The van der Waals surface area contributed by atoms with Crippen molar-refractivity contribution in [2.45, 2.75) is 6.61 Å². The zero-order chi connectivity index (χ0) is 15.8. The van der Waals surface area contributed by atoms with Crippen molar-refractivity contribution in [3.05, 3.63) is 83.4 Å². The Morgan fingerprint density at radius 2 is 1.65 bits per heavy atom. The third kappa shape index (κ3) is 2.27. The SMILES string of the molecule is O=C(c1ccccc1)c1cc2c(cc1O)OCc1ccccc1-2. The van der Waals surface area contributed by atoms with Gasteiger partial charge in [0.05, 0.1) is 5.56 Å². The monoisotopic (exact) mass is 302 g/mol. The van der Waals surface area contributed by atoms with Gasteiger partial charge in [0.2, 0.25) is 0 Å². The molecule has 0 unspecified atom stereocenters. The van der Waals surface area contributed by atoms with Crippen LogP contribution in [0.5, 0.6) is 11.5 Å². The van der Waals surface area contributed by atoms with E-state index in [1.54, 1.807) is 30.3 Å². The molecule has 3 nitrogen and oxygen atoms in total. The van der Waals surface area contributed by atoms with Crippen molar-refractivity contribution in [1.29, 1.82) is 0 Å². The van der Waals surface area contributed by atoms with Crippen LogP contribution >= 0.6 is 0 Å². The van der Waals surface area contributed by atoms with Crippen LogP contribution in [0.3, 0.4) is 0 Å². The number of fused-ring (bicyclic) bond motifs is 3. The zero-order valence-electron chi connectivity index (χ0n) is 12.3. The van der Waals surface area contributed by atoms with Gasteiger partial charge in [0, 0.05) is 17.2 Å². The molecule has 3 aromatic rings. The van der Waals surface area contributed by atoms with E-state index in [2.05, 4.69) is 0 Å². The van der Waals surface area contributed by atoms with Crippen molar-refractivity contribution in [2.24, 2.45) is 0 Å². The first-order valence-electron chi connectivity index (χ1n) is 7.42. The Kier molecular flexibility index (Phi) is 3.12. The summed E-state index contributed by atoms with van der Waals surface area (Å²) in [5, 5.41) is 10.2. The molecule has 0 amide bonds. The van der Waals surface area contributed by atoms with Gasteiger partial charge < -0.3 is 9.84 Å². The Balaban J connectivity index is 1.87. The summed E-state index contributed by atoms with van der Waals surface area (Å²) < 4.78 is 5.70. The highest BCUT2D eigenvalue weighted by atomic mass is 16.5. The van der Waals surface area contributed by atoms with Gasteiger partial charge in [-0.2, -0.15) is 0 Å². The lowest BCUT2D eigenvalue weighted by Crippen LogP contribution is -2.08. The third-order valence-corrected chi connectivity index (χ3v) is 4.07. The number of ketones is 1. The van der Waals surface area contributed by atoms with Gasteiger partial charge in [-0.3, -0.25) is 4.79 Å². The van der Waals surface area contributed by atoms with E-state index in [0.29, 0.717) is 17.9 Å². The highest BCUT2D eigenvalue weighted by molar-refractivity contribution is 6.11. The molecule has 0 saturated heterocycles. The summed E-state index contributed by atoms with van der Waals surface area (Å²) in [4.78, 5) is 12.7. The van der Waals surface area contributed by atoms with Crippen LogP contribution in [0.4, 0.5) is 0 Å². The molecule has 1 N–H and O–H groups in total. The number of hydrogen-bond donors (Lipinski definition) is 1. The lowest BCUT2D eigenvalue weighted by Gasteiger charge is -2.21. The van der Waals surface area contributed by atoms with Gasteiger partial charge in [0.1, 0.15) is 18.1 Å². The first-order chi connectivity index (χ1) is 11.2. The predicted octanol–water partition coefficient (Wildman–Crippen LogP) is 4.18. The molecular weight excluding hydrogens is 288 g/mol. The number of carbonyl (C=O) groups excluding carboxylic acids is 1. The molecule has 1 heterocycles. The number of phenols is 1. The molecule has 3 aromatic carbocycles. The predicted molar refractivity (Wildman–Crippen MR) is 87.7 cm³/mol. The van der Waals surface area contributed by atoms with E-state index in [1.165, 1.54) is 6.07 Å². The molecule has 3 heteroatoms. The molecule has 0 radical (unpaired) electrons. The fourth-order valence-corrected chi connectivity index (χ4v) is 2.89. The summed E-state index contributed by atoms with van der Waals surface area (Å²) in [7, 11) is 0. The van der Waals surface area contributed by atoms with Crippen LogP contribution in [-0.4, -0.2) is 10.9 Å². The average Bonchev–Trinajstić information content (AvgIpc) is 2.61. The minimum atomic E-state index is -0.200. The number of ether oxygens (including phenoxy) is 1. The van der Waals surface area contributed by atoms with Crippen molar-refractivity contribution >= 4 is 5.78 Å². The van der Waals surface area contributed by atoms with E-state index in [0.717, 1.165) is 16.7 Å². The van der Waals surface area contributed by atoms with Crippen molar-refractivity contribution < 1.29 is 14.6 Å². The van der Waals surface area contributed by atoms with Crippen molar-refractivity contribution in [1.82, 2.24) is 0 Å². The normalized spacial score (nSPS) is 12.0. The summed E-state index contributed by atoms with van der Waals surface area (Å²) in [5.41, 5.74) is 3.78. The number of hydrogen-bond acceptors (Lipinski definition) is 3. The van der Waals surface area contributed by atoms with Gasteiger partial charge in [-0.25, -0.2) is 0 Å². The second-order valence-electron chi connectivity index (χ2n) is 5.51. The second kappa shape index (κ2) is 5.29. The number of rotatable bonds is 2. The molecule has 0 bridgehead atoms. The van der Waals surface area contributed by atoms with Crippen LogP contribution < -0.4 is 4.74 Å². The van der Waals surface area contributed by atoms with Gasteiger partial charge in [-0.15, -0.1) is 0 Å². The van der Waals surface area contributed by atoms with Gasteiger partial charge in [-0.1, -0.05) is 54.6 Å². The molecular formula is C20H14O3. The summed E-state index contributed by atoms with van der Waals surface area (Å²) in [6, 6.07) is 20.1. The largest absolute Gasteiger partial charge is 0.507 e. The Bertz CT molecular complexity index is 898. The Labute approximate surface area is 133 Å². The number of aromatic hydroxyl groups is 1. The quantitative estimate of drug-likeness (QED) is 0.722. The molecule has 0 aliphatic carbocycles. The number of benzene rings is 3. The average molecular weight is 302 g/mol. The molecule has 0 atom stereocenters.